The fourth-order valence-electron chi connectivity index (χ4n) is 0.901. The van der Waals surface area contributed by atoms with Crippen LogP contribution in [0.15, 0.2) is 52.8 Å². The average molecular weight is 222 g/mol. The van der Waals surface area contributed by atoms with Crippen LogP contribution in [0.1, 0.15) is 12.5 Å². The predicted octanol–water partition coefficient (Wildman–Crippen LogP) is 4.83. The van der Waals surface area contributed by atoms with Gasteiger partial charge in [0.25, 0.3) is 0 Å². The van der Waals surface area contributed by atoms with Crippen LogP contribution in [0.3, 0.4) is 0 Å². The summed E-state index contributed by atoms with van der Waals surface area (Å²) in [6.07, 6.45) is 3.84. The van der Waals surface area contributed by atoms with Crippen molar-refractivity contribution in [1.82, 2.24) is 0 Å². The smallest absolute Gasteiger partial charge is 0.0186 e. The third-order valence-corrected chi connectivity index (χ3v) is 4.21. The first-order valence-electron chi connectivity index (χ1n) is 4.43. The number of benzene rings is 1. The van der Waals surface area contributed by atoms with E-state index in [1.807, 2.05) is 12.2 Å². The van der Waals surface area contributed by atoms with Gasteiger partial charge in [0.15, 0.2) is 0 Å². The van der Waals surface area contributed by atoms with E-state index in [-0.39, 0.29) is 0 Å². The highest BCUT2D eigenvalue weighted by Gasteiger charge is 1.94. The summed E-state index contributed by atoms with van der Waals surface area (Å²) in [7, 11) is 3.54. The number of rotatable bonds is 4. The van der Waals surface area contributed by atoms with Crippen LogP contribution in [-0.2, 0) is 0 Å². The Bertz CT molecular complexity index is 323. The number of hydrogen-bond donors (Lipinski definition) is 0. The van der Waals surface area contributed by atoms with Gasteiger partial charge >= 0.3 is 0 Å². The van der Waals surface area contributed by atoms with Crippen LogP contribution < -0.4 is 0 Å². The minimum absolute atomic E-state index is 1.27. The van der Waals surface area contributed by atoms with Crippen molar-refractivity contribution in [2.75, 3.05) is 0 Å². The average Bonchev–Trinajstić information content (AvgIpc) is 2.17. The SMILES string of the molecule is C=C/C=C(/C)SSc1ccc(C)cc1. The zero-order valence-corrected chi connectivity index (χ0v) is 10.1. The predicted molar refractivity (Wildman–Crippen MR) is 68.6 cm³/mol. The molecular weight excluding hydrogens is 208 g/mol. The molecule has 0 saturated carbocycles. The summed E-state index contributed by atoms with van der Waals surface area (Å²) in [5, 5.41) is 0. The Hall–Kier alpha value is -0.600. The van der Waals surface area contributed by atoms with Gasteiger partial charge in [0.1, 0.15) is 0 Å². The summed E-state index contributed by atoms with van der Waals surface area (Å²) >= 11 is 0. The summed E-state index contributed by atoms with van der Waals surface area (Å²) in [6, 6.07) is 8.56. The molecule has 74 valence electrons. The molecule has 1 rings (SSSR count). The van der Waals surface area contributed by atoms with Crippen LogP contribution in [0.2, 0.25) is 0 Å². The van der Waals surface area contributed by atoms with E-state index in [1.165, 1.54) is 15.4 Å². The zero-order chi connectivity index (χ0) is 10.4. The minimum Gasteiger partial charge on any atom is -0.0990 e. The number of aryl methyl sites for hydroxylation is 1. The van der Waals surface area contributed by atoms with Crippen molar-refractivity contribution < 1.29 is 0 Å². The van der Waals surface area contributed by atoms with Gasteiger partial charge < -0.3 is 0 Å². The van der Waals surface area contributed by atoms with Gasteiger partial charge in [-0.2, -0.15) is 0 Å². The van der Waals surface area contributed by atoms with Gasteiger partial charge in [0.05, 0.1) is 0 Å². The molecule has 0 fully saturated rings. The first-order chi connectivity index (χ1) is 6.72. The number of hydrogen-bond acceptors (Lipinski definition) is 2. The quantitative estimate of drug-likeness (QED) is 0.529. The molecule has 0 aromatic heterocycles. The Balaban J connectivity index is 2.49. The van der Waals surface area contributed by atoms with Crippen molar-refractivity contribution in [3.63, 3.8) is 0 Å². The Morgan fingerprint density at radius 1 is 1.29 bits per heavy atom. The third-order valence-electron chi connectivity index (χ3n) is 1.64. The van der Waals surface area contributed by atoms with Gasteiger partial charge in [0, 0.05) is 4.90 Å². The normalized spacial score (nSPS) is 11.4. The summed E-state index contributed by atoms with van der Waals surface area (Å²) in [6.45, 7) is 7.86. The molecule has 0 saturated heterocycles. The van der Waals surface area contributed by atoms with E-state index in [2.05, 4.69) is 44.7 Å². The van der Waals surface area contributed by atoms with E-state index in [1.54, 1.807) is 21.6 Å². The molecule has 1 aromatic rings. The second-order valence-electron chi connectivity index (χ2n) is 2.99. The van der Waals surface area contributed by atoms with Crippen molar-refractivity contribution in [1.29, 1.82) is 0 Å². The van der Waals surface area contributed by atoms with Crippen LogP contribution in [0, 0.1) is 6.92 Å². The Labute approximate surface area is 93.9 Å². The molecule has 2 heteroatoms. The molecule has 0 aliphatic rings. The van der Waals surface area contributed by atoms with Crippen molar-refractivity contribution in [2.24, 2.45) is 0 Å². The van der Waals surface area contributed by atoms with Crippen molar-refractivity contribution in [3.8, 4) is 0 Å². The summed E-state index contributed by atoms with van der Waals surface area (Å²) in [5.41, 5.74) is 1.30. The van der Waals surface area contributed by atoms with E-state index in [4.69, 9.17) is 0 Å². The van der Waals surface area contributed by atoms with Crippen molar-refractivity contribution in [2.45, 2.75) is 18.7 Å². The van der Waals surface area contributed by atoms with Gasteiger partial charge in [-0.05, 0) is 30.9 Å². The van der Waals surface area contributed by atoms with E-state index < -0.39 is 0 Å². The minimum atomic E-state index is 1.27. The summed E-state index contributed by atoms with van der Waals surface area (Å²) in [4.78, 5) is 2.56. The van der Waals surface area contributed by atoms with Gasteiger partial charge in [0.2, 0.25) is 0 Å². The van der Waals surface area contributed by atoms with Gasteiger partial charge in [-0.15, -0.1) is 0 Å². The molecular formula is C12H14S2. The highest BCUT2D eigenvalue weighted by atomic mass is 33.1. The molecule has 0 amide bonds. The molecule has 0 bridgehead atoms. The highest BCUT2D eigenvalue weighted by Crippen LogP contribution is 2.36. The van der Waals surface area contributed by atoms with Crippen LogP contribution in [-0.4, -0.2) is 0 Å². The van der Waals surface area contributed by atoms with E-state index in [9.17, 15) is 0 Å². The maximum absolute atomic E-state index is 3.67. The van der Waals surface area contributed by atoms with Crippen LogP contribution in [0.4, 0.5) is 0 Å². The molecule has 0 nitrogen and oxygen atoms in total. The van der Waals surface area contributed by atoms with E-state index in [0.29, 0.717) is 0 Å². The van der Waals surface area contributed by atoms with E-state index >= 15 is 0 Å². The van der Waals surface area contributed by atoms with Gasteiger partial charge in [-0.3, -0.25) is 0 Å². The monoisotopic (exact) mass is 222 g/mol. The molecule has 0 unspecified atom stereocenters. The largest absolute Gasteiger partial charge is 0.0990 e. The second kappa shape index (κ2) is 5.99. The maximum atomic E-state index is 3.67. The van der Waals surface area contributed by atoms with Gasteiger partial charge in [-0.1, -0.05) is 58.0 Å². The first-order valence-corrected chi connectivity index (χ1v) is 6.58. The molecule has 0 radical (unpaired) electrons. The Morgan fingerprint density at radius 2 is 1.93 bits per heavy atom. The lowest BCUT2D eigenvalue weighted by molar-refractivity contribution is 1.38. The molecule has 0 atom stereocenters. The highest BCUT2D eigenvalue weighted by molar-refractivity contribution is 8.78. The Morgan fingerprint density at radius 3 is 2.50 bits per heavy atom. The molecule has 1 aromatic carbocycles. The lowest BCUT2D eigenvalue weighted by Crippen LogP contribution is -1.71. The first kappa shape index (κ1) is 11.5. The molecule has 0 aliphatic carbocycles. The van der Waals surface area contributed by atoms with Crippen molar-refractivity contribution >= 4 is 21.6 Å². The van der Waals surface area contributed by atoms with Crippen LogP contribution in [0.5, 0.6) is 0 Å². The standard InChI is InChI=1S/C12H14S2/c1-4-5-11(3)13-14-12-8-6-10(2)7-9-12/h4-9H,1H2,2-3H3/b11-5-. The van der Waals surface area contributed by atoms with Crippen molar-refractivity contribution in [3.05, 3.63) is 53.5 Å². The second-order valence-corrected chi connectivity index (χ2v) is 5.44. The zero-order valence-electron chi connectivity index (χ0n) is 8.49. The number of allylic oxidation sites excluding steroid dienone is 3. The molecule has 0 heterocycles. The van der Waals surface area contributed by atoms with Gasteiger partial charge in [-0.25, -0.2) is 0 Å². The maximum Gasteiger partial charge on any atom is 0.0186 e. The van der Waals surface area contributed by atoms with Crippen LogP contribution in [0.25, 0.3) is 0 Å². The molecule has 0 N–H and O–H groups in total. The fourth-order valence-corrected chi connectivity index (χ4v) is 2.71. The molecule has 0 spiro atoms. The summed E-state index contributed by atoms with van der Waals surface area (Å²) < 4.78 is 0. The van der Waals surface area contributed by atoms with E-state index in [0.717, 1.165) is 0 Å². The molecule has 14 heavy (non-hydrogen) atoms. The lowest BCUT2D eigenvalue weighted by Gasteiger charge is -2.00. The summed E-state index contributed by atoms with van der Waals surface area (Å²) in [5.74, 6) is 0. The van der Waals surface area contributed by atoms with Crippen LogP contribution >= 0.6 is 21.6 Å². The lowest BCUT2D eigenvalue weighted by atomic mass is 10.2. The topological polar surface area (TPSA) is 0 Å². The fraction of sp³-hybridized carbons (Fsp3) is 0.167. The molecule has 0 aliphatic heterocycles. The Kier molecular flexibility index (Phi) is 4.91. The third kappa shape index (κ3) is 4.07.